The van der Waals surface area contributed by atoms with Gasteiger partial charge in [0.05, 0.1) is 17.7 Å². The molecule has 41 heavy (non-hydrogen) atoms. The molecule has 2 amide bonds. The number of anilines is 1. The number of alkyl halides is 3. The maximum absolute atomic E-state index is 13.5. The zero-order valence-electron chi connectivity index (χ0n) is 22.8. The normalized spacial score (nSPS) is 15.1. The number of halogens is 3. The maximum atomic E-state index is 13.5. The molecule has 6 nitrogen and oxygen atoms in total. The maximum Gasteiger partial charge on any atom is 0.416 e. The van der Waals surface area contributed by atoms with E-state index >= 15 is 0 Å². The van der Waals surface area contributed by atoms with Crippen LogP contribution in [0, 0.1) is 0 Å². The Morgan fingerprint density at radius 3 is 2.49 bits per heavy atom. The van der Waals surface area contributed by atoms with Crippen molar-refractivity contribution in [2.75, 3.05) is 23.7 Å². The van der Waals surface area contributed by atoms with Gasteiger partial charge in [-0.3, -0.25) is 9.59 Å². The third-order valence-corrected chi connectivity index (χ3v) is 7.72. The van der Waals surface area contributed by atoms with Crippen molar-refractivity contribution in [2.45, 2.75) is 55.9 Å². The van der Waals surface area contributed by atoms with Crippen LogP contribution in [0.15, 0.2) is 77.7 Å². The van der Waals surface area contributed by atoms with E-state index in [9.17, 15) is 27.9 Å². The van der Waals surface area contributed by atoms with E-state index in [1.807, 2.05) is 43.3 Å². The van der Waals surface area contributed by atoms with Gasteiger partial charge in [-0.2, -0.15) is 13.2 Å². The van der Waals surface area contributed by atoms with Crippen LogP contribution in [0.5, 0.6) is 0 Å². The molecule has 4 rings (SSSR count). The third kappa shape index (κ3) is 8.58. The second-order valence-corrected chi connectivity index (χ2v) is 11.3. The van der Waals surface area contributed by atoms with Gasteiger partial charge in [-0.05, 0) is 54.0 Å². The van der Waals surface area contributed by atoms with Gasteiger partial charge in [0.1, 0.15) is 0 Å². The summed E-state index contributed by atoms with van der Waals surface area (Å²) in [5.41, 5.74) is 1.68. The lowest BCUT2D eigenvalue weighted by Gasteiger charge is -2.25. The summed E-state index contributed by atoms with van der Waals surface area (Å²) in [7, 11) is 0. The molecule has 1 aliphatic rings. The van der Waals surface area contributed by atoms with Crippen molar-refractivity contribution >= 4 is 29.3 Å². The number of benzene rings is 3. The molecule has 0 bridgehead atoms. The van der Waals surface area contributed by atoms with Gasteiger partial charge in [-0.15, -0.1) is 11.8 Å². The Labute approximate surface area is 242 Å². The summed E-state index contributed by atoms with van der Waals surface area (Å²) < 4.78 is 39.2. The second kappa shape index (κ2) is 14.0. The Morgan fingerprint density at radius 2 is 1.80 bits per heavy atom. The van der Waals surface area contributed by atoms with Gasteiger partial charge in [-0.25, -0.2) is 0 Å². The van der Waals surface area contributed by atoms with Crippen LogP contribution in [0.2, 0.25) is 0 Å². The van der Waals surface area contributed by atoms with E-state index in [0.29, 0.717) is 36.2 Å². The van der Waals surface area contributed by atoms with Crippen LogP contribution >= 0.6 is 11.8 Å². The first-order chi connectivity index (χ1) is 19.6. The summed E-state index contributed by atoms with van der Waals surface area (Å²) in [6.07, 6.45) is -3.87. The average molecular weight is 586 g/mol. The topological polar surface area (TPSA) is 81.7 Å². The van der Waals surface area contributed by atoms with Crippen molar-refractivity contribution in [3.8, 4) is 0 Å². The minimum atomic E-state index is -4.44. The zero-order chi connectivity index (χ0) is 29.4. The molecule has 1 heterocycles. The summed E-state index contributed by atoms with van der Waals surface area (Å²) in [4.78, 5) is 28.5. The van der Waals surface area contributed by atoms with Gasteiger partial charge in [0, 0.05) is 42.2 Å². The summed E-state index contributed by atoms with van der Waals surface area (Å²) in [5, 5.41) is 17.1. The van der Waals surface area contributed by atoms with Crippen LogP contribution in [0.3, 0.4) is 0 Å². The van der Waals surface area contributed by atoms with E-state index in [2.05, 4.69) is 10.6 Å². The molecule has 0 aliphatic carbocycles. The van der Waals surface area contributed by atoms with Gasteiger partial charge in [0.25, 0.3) is 5.91 Å². The van der Waals surface area contributed by atoms with Crippen molar-refractivity contribution in [1.29, 1.82) is 0 Å². The molecule has 0 radical (unpaired) electrons. The summed E-state index contributed by atoms with van der Waals surface area (Å²) >= 11 is 1.57. The molecule has 0 saturated carbocycles. The van der Waals surface area contributed by atoms with Crippen LogP contribution in [-0.2, 0) is 23.9 Å². The first-order valence-electron chi connectivity index (χ1n) is 13.6. The van der Waals surface area contributed by atoms with Crippen LogP contribution in [-0.4, -0.2) is 47.9 Å². The smallest absolute Gasteiger partial charge is 0.390 e. The molecule has 1 aliphatic heterocycles. The standard InChI is InChI=1S/C31H34F3N3O3S/c1-2-41-26-17-23(16-25(18-26)37-13-7-12-29(37)39)30(40)36-27(15-21-8-4-3-5-9-21)28(38)20-35-19-22-10-6-11-24(14-22)31(32,33)34/h3-6,8-11,14,16-18,27-28,35,38H,2,7,12-13,15,19-20H2,1H3,(H,36,40). The molecule has 3 aromatic rings. The Balaban J connectivity index is 1.49. The van der Waals surface area contributed by atoms with Crippen molar-refractivity contribution in [3.05, 3.63) is 95.1 Å². The highest BCUT2D eigenvalue weighted by Gasteiger charge is 2.30. The van der Waals surface area contributed by atoms with E-state index in [1.54, 1.807) is 34.9 Å². The number of rotatable bonds is 12. The molecule has 2 unspecified atom stereocenters. The number of carbonyl (C=O) groups is 2. The fourth-order valence-electron chi connectivity index (χ4n) is 4.81. The van der Waals surface area contributed by atoms with Crippen LogP contribution in [0.4, 0.5) is 18.9 Å². The number of aliphatic hydroxyl groups excluding tert-OH is 1. The highest BCUT2D eigenvalue weighted by molar-refractivity contribution is 7.99. The van der Waals surface area contributed by atoms with Crippen molar-refractivity contribution in [2.24, 2.45) is 0 Å². The van der Waals surface area contributed by atoms with Gasteiger partial charge in [-0.1, -0.05) is 55.5 Å². The van der Waals surface area contributed by atoms with Crippen LogP contribution in [0.1, 0.15) is 46.8 Å². The van der Waals surface area contributed by atoms with Crippen molar-refractivity contribution in [1.82, 2.24) is 10.6 Å². The zero-order valence-corrected chi connectivity index (χ0v) is 23.6. The fraction of sp³-hybridized carbons (Fsp3) is 0.355. The predicted molar refractivity (Wildman–Crippen MR) is 155 cm³/mol. The SMILES string of the molecule is CCSc1cc(C(=O)NC(Cc2ccccc2)C(O)CNCc2cccc(C(F)(F)F)c2)cc(N2CCCC2=O)c1. The fourth-order valence-corrected chi connectivity index (χ4v) is 5.56. The highest BCUT2D eigenvalue weighted by atomic mass is 32.2. The predicted octanol–water partition coefficient (Wildman–Crippen LogP) is 5.44. The summed E-state index contributed by atoms with van der Waals surface area (Å²) in [5.74, 6) is 0.444. The number of nitrogens with zero attached hydrogens (tertiary/aromatic N) is 1. The number of carbonyl (C=O) groups excluding carboxylic acids is 2. The van der Waals surface area contributed by atoms with E-state index < -0.39 is 23.9 Å². The van der Waals surface area contributed by atoms with Crippen molar-refractivity contribution < 1.29 is 27.9 Å². The van der Waals surface area contributed by atoms with Crippen molar-refractivity contribution in [3.63, 3.8) is 0 Å². The van der Waals surface area contributed by atoms with Gasteiger partial charge < -0.3 is 20.6 Å². The quantitative estimate of drug-likeness (QED) is 0.247. The van der Waals surface area contributed by atoms with Gasteiger partial charge in [0.15, 0.2) is 0 Å². The molecular formula is C31H34F3N3O3S. The van der Waals surface area contributed by atoms with E-state index in [-0.39, 0.29) is 24.9 Å². The highest BCUT2D eigenvalue weighted by Crippen LogP contribution is 2.30. The molecule has 218 valence electrons. The first-order valence-corrected chi connectivity index (χ1v) is 14.6. The molecule has 0 aromatic heterocycles. The minimum Gasteiger partial charge on any atom is -0.390 e. The Morgan fingerprint density at radius 1 is 1.05 bits per heavy atom. The number of amides is 2. The first kappa shape index (κ1) is 30.6. The Bertz CT molecular complexity index is 1340. The van der Waals surface area contributed by atoms with E-state index in [4.69, 9.17) is 0 Å². The number of aliphatic hydroxyl groups is 1. The lowest BCUT2D eigenvalue weighted by Crippen LogP contribution is -2.48. The molecule has 3 aromatic carbocycles. The molecule has 1 fully saturated rings. The summed E-state index contributed by atoms with van der Waals surface area (Å²) in [6.45, 7) is 2.79. The molecule has 2 atom stereocenters. The molecule has 10 heteroatoms. The largest absolute Gasteiger partial charge is 0.416 e. The van der Waals surface area contributed by atoms with Gasteiger partial charge in [0.2, 0.25) is 5.91 Å². The molecular weight excluding hydrogens is 551 g/mol. The number of nitrogens with one attached hydrogen (secondary N) is 2. The molecule has 1 saturated heterocycles. The van der Waals surface area contributed by atoms with Crippen LogP contribution < -0.4 is 15.5 Å². The Kier molecular flexibility index (Phi) is 10.5. The monoisotopic (exact) mass is 585 g/mol. The van der Waals surface area contributed by atoms with Crippen LogP contribution in [0.25, 0.3) is 0 Å². The van der Waals surface area contributed by atoms with E-state index in [0.717, 1.165) is 34.8 Å². The second-order valence-electron chi connectivity index (χ2n) is 9.96. The number of hydrogen-bond donors (Lipinski definition) is 3. The number of thioether (sulfide) groups is 1. The van der Waals surface area contributed by atoms with Gasteiger partial charge >= 0.3 is 6.18 Å². The Hall–Kier alpha value is -3.34. The third-order valence-electron chi connectivity index (χ3n) is 6.87. The van der Waals surface area contributed by atoms with E-state index in [1.165, 1.54) is 6.07 Å². The lowest BCUT2D eigenvalue weighted by molar-refractivity contribution is -0.137. The average Bonchev–Trinajstić information content (AvgIpc) is 3.38. The lowest BCUT2D eigenvalue weighted by atomic mass is 10.00. The molecule has 3 N–H and O–H groups in total. The number of hydrogen-bond acceptors (Lipinski definition) is 5. The minimum absolute atomic E-state index is 0.0271. The summed E-state index contributed by atoms with van der Waals surface area (Å²) in [6, 6.07) is 19.2. The molecule has 0 spiro atoms.